The number of aryl methyl sites for hydroxylation is 1. The quantitative estimate of drug-likeness (QED) is 0.736. The predicted octanol–water partition coefficient (Wildman–Crippen LogP) is 2.24. The van der Waals surface area contributed by atoms with Crippen molar-refractivity contribution in [2.45, 2.75) is 25.7 Å². The number of aromatic amines is 1. The summed E-state index contributed by atoms with van der Waals surface area (Å²) in [5.74, 6) is 1.03. The number of piperidine rings is 1. The van der Waals surface area contributed by atoms with Crippen LogP contribution in [0.3, 0.4) is 0 Å². The SMILES string of the molecule is Cc1nc(C2CCCN(C(=O)Nc3cc(-n4cnnc4)ccc3F)C2)n[nH]1. The number of carbonyl (C=O) groups is 1. The minimum absolute atomic E-state index is 0.0719. The summed E-state index contributed by atoms with van der Waals surface area (Å²) in [4.78, 5) is 18.7. The number of hydrogen-bond acceptors (Lipinski definition) is 5. The zero-order valence-corrected chi connectivity index (χ0v) is 14.8. The number of nitrogens with one attached hydrogen (secondary N) is 2. The normalized spacial score (nSPS) is 17.1. The van der Waals surface area contributed by atoms with E-state index in [1.54, 1.807) is 21.6 Å². The van der Waals surface area contributed by atoms with Crippen LogP contribution in [0.4, 0.5) is 14.9 Å². The number of aromatic nitrogens is 6. The molecule has 0 radical (unpaired) electrons. The number of hydrogen-bond donors (Lipinski definition) is 2. The zero-order chi connectivity index (χ0) is 18.8. The Balaban J connectivity index is 1.48. The van der Waals surface area contributed by atoms with E-state index in [9.17, 15) is 9.18 Å². The van der Waals surface area contributed by atoms with Gasteiger partial charge in [0.2, 0.25) is 0 Å². The first-order valence-electron chi connectivity index (χ1n) is 8.69. The number of nitrogens with zero attached hydrogens (tertiary/aromatic N) is 6. The number of anilines is 1. The first-order chi connectivity index (χ1) is 13.1. The number of carbonyl (C=O) groups excluding carboxylic acids is 1. The van der Waals surface area contributed by atoms with Crippen molar-refractivity contribution in [2.24, 2.45) is 0 Å². The van der Waals surface area contributed by atoms with E-state index < -0.39 is 5.82 Å². The molecule has 1 saturated heterocycles. The van der Waals surface area contributed by atoms with Gasteiger partial charge in [0.1, 0.15) is 24.3 Å². The van der Waals surface area contributed by atoms with Gasteiger partial charge in [-0.05, 0) is 38.0 Å². The standard InChI is InChI=1S/C17H19FN8O/c1-11-21-16(24-23-11)12-3-2-6-25(8-12)17(27)22-15-7-13(4-5-14(15)18)26-9-19-20-10-26/h4-5,7,9-10,12H,2-3,6,8H2,1H3,(H,22,27)(H,21,23,24). The maximum atomic E-state index is 14.2. The van der Waals surface area contributed by atoms with E-state index in [1.165, 1.54) is 18.7 Å². The smallest absolute Gasteiger partial charge is 0.321 e. The van der Waals surface area contributed by atoms with Crippen molar-refractivity contribution in [3.05, 3.63) is 48.3 Å². The van der Waals surface area contributed by atoms with E-state index in [4.69, 9.17) is 0 Å². The van der Waals surface area contributed by atoms with Crippen LogP contribution in [0, 0.1) is 12.7 Å². The molecular formula is C17H19FN8O. The average Bonchev–Trinajstić information content (AvgIpc) is 3.35. The molecule has 2 amide bonds. The Kier molecular flexibility index (Phi) is 4.53. The summed E-state index contributed by atoms with van der Waals surface area (Å²) < 4.78 is 15.8. The van der Waals surface area contributed by atoms with Gasteiger partial charge in [0.15, 0.2) is 5.82 Å². The third-order valence-electron chi connectivity index (χ3n) is 4.60. The largest absolute Gasteiger partial charge is 0.324 e. The second-order valence-corrected chi connectivity index (χ2v) is 6.53. The van der Waals surface area contributed by atoms with Crippen molar-refractivity contribution in [1.29, 1.82) is 0 Å². The van der Waals surface area contributed by atoms with Gasteiger partial charge in [0, 0.05) is 19.0 Å². The second kappa shape index (κ2) is 7.14. The van der Waals surface area contributed by atoms with Crippen LogP contribution < -0.4 is 5.32 Å². The Labute approximate surface area is 154 Å². The third kappa shape index (κ3) is 3.64. The van der Waals surface area contributed by atoms with Crippen molar-refractivity contribution in [3.63, 3.8) is 0 Å². The summed E-state index contributed by atoms with van der Waals surface area (Å²) >= 11 is 0. The molecule has 10 heteroatoms. The lowest BCUT2D eigenvalue weighted by atomic mass is 9.98. The number of urea groups is 1. The Hall–Kier alpha value is -3.30. The molecule has 1 unspecified atom stereocenters. The maximum absolute atomic E-state index is 14.2. The van der Waals surface area contributed by atoms with Crippen molar-refractivity contribution < 1.29 is 9.18 Å². The number of benzene rings is 1. The number of rotatable bonds is 3. The number of halogens is 1. The highest BCUT2D eigenvalue weighted by Crippen LogP contribution is 2.25. The Morgan fingerprint density at radius 1 is 1.33 bits per heavy atom. The number of amides is 2. The lowest BCUT2D eigenvalue weighted by Gasteiger charge is -2.31. The molecule has 3 aromatic rings. The van der Waals surface area contributed by atoms with Crippen LogP contribution in [0.1, 0.15) is 30.4 Å². The van der Waals surface area contributed by atoms with E-state index in [0.717, 1.165) is 18.7 Å². The van der Waals surface area contributed by atoms with Gasteiger partial charge in [0.25, 0.3) is 0 Å². The third-order valence-corrected chi connectivity index (χ3v) is 4.60. The lowest BCUT2D eigenvalue weighted by molar-refractivity contribution is 0.191. The molecule has 27 heavy (non-hydrogen) atoms. The molecule has 1 fully saturated rings. The highest BCUT2D eigenvalue weighted by Gasteiger charge is 2.27. The molecule has 9 nitrogen and oxygen atoms in total. The van der Waals surface area contributed by atoms with Gasteiger partial charge >= 0.3 is 6.03 Å². The molecule has 3 heterocycles. The number of H-pyrrole nitrogens is 1. The average molecular weight is 370 g/mol. The van der Waals surface area contributed by atoms with Crippen molar-refractivity contribution in [1.82, 2.24) is 34.8 Å². The van der Waals surface area contributed by atoms with Crippen molar-refractivity contribution >= 4 is 11.7 Å². The van der Waals surface area contributed by atoms with Crippen LogP contribution >= 0.6 is 0 Å². The Morgan fingerprint density at radius 3 is 2.89 bits per heavy atom. The highest BCUT2D eigenvalue weighted by atomic mass is 19.1. The van der Waals surface area contributed by atoms with Crippen LogP contribution in [-0.4, -0.2) is 54.0 Å². The Morgan fingerprint density at radius 2 is 2.15 bits per heavy atom. The summed E-state index contributed by atoms with van der Waals surface area (Å²) in [5.41, 5.74) is 0.770. The van der Waals surface area contributed by atoms with Gasteiger partial charge < -0.3 is 10.2 Å². The van der Waals surface area contributed by atoms with Crippen molar-refractivity contribution in [2.75, 3.05) is 18.4 Å². The van der Waals surface area contributed by atoms with Crippen LogP contribution in [0.25, 0.3) is 5.69 Å². The first-order valence-corrected chi connectivity index (χ1v) is 8.69. The fourth-order valence-corrected chi connectivity index (χ4v) is 3.21. The van der Waals surface area contributed by atoms with Crippen LogP contribution in [0.2, 0.25) is 0 Å². The van der Waals surface area contributed by atoms with Gasteiger partial charge in [0.05, 0.1) is 11.4 Å². The molecular weight excluding hydrogens is 351 g/mol. The van der Waals surface area contributed by atoms with Gasteiger partial charge in [-0.1, -0.05) is 0 Å². The van der Waals surface area contributed by atoms with E-state index in [0.29, 0.717) is 24.6 Å². The van der Waals surface area contributed by atoms with Gasteiger partial charge in [-0.25, -0.2) is 14.2 Å². The van der Waals surface area contributed by atoms with E-state index in [2.05, 4.69) is 30.7 Å². The molecule has 1 atom stereocenters. The maximum Gasteiger partial charge on any atom is 0.321 e. The predicted molar refractivity (Wildman–Crippen MR) is 95.0 cm³/mol. The summed E-state index contributed by atoms with van der Waals surface area (Å²) in [7, 11) is 0. The van der Waals surface area contributed by atoms with Crippen LogP contribution in [-0.2, 0) is 0 Å². The topological polar surface area (TPSA) is 105 Å². The number of likely N-dealkylation sites (tertiary alicyclic amines) is 1. The monoisotopic (exact) mass is 370 g/mol. The molecule has 1 aromatic carbocycles. The van der Waals surface area contributed by atoms with Gasteiger partial charge in [-0.3, -0.25) is 9.67 Å². The summed E-state index contributed by atoms with van der Waals surface area (Å²) in [5, 5.41) is 17.2. The van der Waals surface area contributed by atoms with E-state index in [1.807, 2.05) is 6.92 Å². The molecule has 140 valence electrons. The van der Waals surface area contributed by atoms with Crippen LogP contribution in [0.5, 0.6) is 0 Å². The lowest BCUT2D eigenvalue weighted by Crippen LogP contribution is -2.42. The second-order valence-electron chi connectivity index (χ2n) is 6.53. The molecule has 0 aliphatic carbocycles. The Bertz CT molecular complexity index is 938. The zero-order valence-electron chi connectivity index (χ0n) is 14.8. The molecule has 1 aliphatic rings. The van der Waals surface area contributed by atoms with Crippen LogP contribution in [0.15, 0.2) is 30.9 Å². The minimum Gasteiger partial charge on any atom is -0.324 e. The molecule has 2 N–H and O–H groups in total. The molecule has 0 spiro atoms. The molecule has 2 aromatic heterocycles. The summed E-state index contributed by atoms with van der Waals surface area (Å²) in [6, 6.07) is 4.11. The van der Waals surface area contributed by atoms with Crippen molar-refractivity contribution in [3.8, 4) is 5.69 Å². The van der Waals surface area contributed by atoms with E-state index >= 15 is 0 Å². The van der Waals surface area contributed by atoms with E-state index in [-0.39, 0.29) is 17.6 Å². The minimum atomic E-state index is -0.502. The molecule has 0 bridgehead atoms. The fourth-order valence-electron chi connectivity index (χ4n) is 3.21. The molecule has 1 aliphatic heterocycles. The first kappa shape index (κ1) is 17.1. The van der Waals surface area contributed by atoms with Gasteiger partial charge in [-0.15, -0.1) is 10.2 Å². The summed E-state index contributed by atoms with van der Waals surface area (Å²) in [6.07, 6.45) is 4.77. The van der Waals surface area contributed by atoms with Gasteiger partial charge in [-0.2, -0.15) is 5.10 Å². The molecule has 0 saturated carbocycles. The highest BCUT2D eigenvalue weighted by molar-refractivity contribution is 5.90. The molecule has 4 rings (SSSR count). The summed E-state index contributed by atoms with van der Waals surface area (Å²) in [6.45, 7) is 2.95. The fraction of sp³-hybridized carbons (Fsp3) is 0.353.